The molecule has 2 heterocycles. The zero-order valence-electron chi connectivity index (χ0n) is 13.2. The number of esters is 1. The van der Waals surface area contributed by atoms with Crippen molar-refractivity contribution in [1.29, 1.82) is 0 Å². The lowest BCUT2D eigenvalue weighted by molar-refractivity contribution is -0.147. The van der Waals surface area contributed by atoms with Gasteiger partial charge in [0.2, 0.25) is 0 Å². The second-order valence-electron chi connectivity index (χ2n) is 4.87. The van der Waals surface area contributed by atoms with Crippen molar-refractivity contribution >= 4 is 59.8 Å². The second-order valence-corrected chi connectivity index (χ2v) is 5.64. The Morgan fingerprint density at radius 2 is 1.88 bits per heavy atom. The number of ether oxygens (including phenoxy) is 1. The van der Waals surface area contributed by atoms with Gasteiger partial charge in [0.05, 0.1) is 0 Å². The fourth-order valence-corrected chi connectivity index (χ4v) is 2.45. The number of likely N-dealkylation sites (N-methyl/N-ethyl adjacent to an activating group) is 1. The topological polar surface area (TPSA) is 90.1 Å². The summed E-state index contributed by atoms with van der Waals surface area (Å²) in [6, 6.07) is 6.21. The first kappa shape index (κ1) is 23.7. The van der Waals surface area contributed by atoms with Crippen LogP contribution in [0.25, 0.3) is 0 Å². The summed E-state index contributed by atoms with van der Waals surface area (Å²) in [6.45, 7) is 0.0684. The molecule has 6 nitrogen and oxygen atoms in total. The third kappa shape index (κ3) is 7.63. The number of anilines is 1. The van der Waals surface area contributed by atoms with E-state index in [1.807, 2.05) is 6.07 Å². The van der Waals surface area contributed by atoms with Crippen LogP contribution in [0.2, 0.25) is 10.3 Å². The molecule has 0 unspecified atom stereocenters. The van der Waals surface area contributed by atoms with Gasteiger partial charge in [-0.15, -0.1) is 24.8 Å². The molecule has 2 aromatic heterocycles. The van der Waals surface area contributed by atoms with Crippen molar-refractivity contribution < 1.29 is 9.53 Å². The average Bonchev–Trinajstić information content (AvgIpc) is 2.51. The molecule has 0 bridgehead atoms. The molecule has 0 aromatic carbocycles. The Kier molecular flexibility index (Phi) is 10.7. The van der Waals surface area contributed by atoms with Crippen molar-refractivity contribution in [3.63, 3.8) is 0 Å². The van der Waals surface area contributed by atoms with E-state index in [0.717, 1.165) is 5.56 Å². The van der Waals surface area contributed by atoms with E-state index in [9.17, 15) is 4.79 Å². The Morgan fingerprint density at radius 1 is 1.24 bits per heavy atom. The highest BCUT2D eigenvalue weighted by atomic mass is 35.5. The molecule has 0 saturated carbocycles. The summed E-state index contributed by atoms with van der Waals surface area (Å²) in [5.74, 6) is 0.0529. The van der Waals surface area contributed by atoms with Crippen molar-refractivity contribution in [3.8, 4) is 0 Å². The van der Waals surface area contributed by atoms with Crippen LogP contribution in [0.15, 0.2) is 30.5 Å². The summed E-state index contributed by atoms with van der Waals surface area (Å²) < 4.78 is 5.30. The number of pyridine rings is 2. The van der Waals surface area contributed by atoms with Crippen LogP contribution in [-0.4, -0.2) is 29.0 Å². The average molecular weight is 428 g/mol. The number of nitrogens with zero attached hydrogens (tertiary/aromatic N) is 2. The minimum atomic E-state index is -0.492. The minimum Gasteiger partial charge on any atom is -0.460 e. The van der Waals surface area contributed by atoms with Gasteiger partial charge < -0.3 is 15.8 Å². The summed E-state index contributed by atoms with van der Waals surface area (Å²) in [4.78, 5) is 20.0. The lowest BCUT2D eigenvalue weighted by Gasteiger charge is -2.15. The van der Waals surface area contributed by atoms with E-state index in [4.69, 9.17) is 33.7 Å². The molecule has 0 fully saturated rings. The SMILES string of the molecule is CN[C@@H](Cc1ccc(N)nc1)C(=O)OCc1cc(Cl)nc(Cl)c1.Cl.Cl. The van der Waals surface area contributed by atoms with Crippen LogP contribution >= 0.6 is 48.0 Å². The Labute approximate surface area is 168 Å². The molecule has 1 atom stereocenters. The molecule has 2 aromatic rings. The molecular weight excluding hydrogens is 410 g/mol. The molecule has 0 radical (unpaired) electrons. The molecule has 138 valence electrons. The molecule has 0 aliphatic carbocycles. The maximum absolute atomic E-state index is 12.2. The van der Waals surface area contributed by atoms with Crippen molar-refractivity contribution in [3.05, 3.63) is 51.9 Å². The zero-order chi connectivity index (χ0) is 16.8. The first-order valence-corrected chi connectivity index (χ1v) is 7.60. The normalized spacial score (nSPS) is 11.0. The molecule has 2 rings (SSSR count). The van der Waals surface area contributed by atoms with Gasteiger partial charge in [0.1, 0.15) is 28.8 Å². The van der Waals surface area contributed by atoms with Crippen molar-refractivity contribution in [2.24, 2.45) is 0 Å². The quantitative estimate of drug-likeness (QED) is 0.543. The van der Waals surface area contributed by atoms with E-state index in [2.05, 4.69) is 15.3 Å². The predicted molar refractivity (Wildman–Crippen MR) is 104 cm³/mol. The van der Waals surface area contributed by atoms with E-state index in [1.54, 1.807) is 31.4 Å². The summed E-state index contributed by atoms with van der Waals surface area (Å²) >= 11 is 11.6. The molecule has 25 heavy (non-hydrogen) atoms. The van der Waals surface area contributed by atoms with Crippen LogP contribution in [0.3, 0.4) is 0 Å². The number of nitrogen functional groups attached to an aromatic ring is 1. The summed E-state index contributed by atoms with van der Waals surface area (Å²) in [7, 11) is 1.69. The summed E-state index contributed by atoms with van der Waals surface area (Å²) in [5, 5.41) is 3.43. The number of nitrogens with one attached hydrogen (secondary N) is 1. The molecule has 0 saturated heterocycles. The fraction of sp³-hybridized carbons (Fsp3) is 0.267. The molecular formula is C15H18Cl4N4O2. The van der Waals surface area contributed by atoms with E-state index in [0.29, 0.717) is 17.8 Å². The number of hydrogen-bond acceptors (Lipinski definition) is 6. The third-order valence-corrected chi connectivity index (χ3v) is 3.51. The minimum absolute atomic E-state index is 0. The predicted octanol–water partition coefficient (Wildman–Crippen LogP) is 3.08. The first-order chi connectivity index (χ1) is 11.0. The van der Waals surface area contributed by atoms with Gasteiger partial charge in [-0.05, 0) is 42.8 Å². The number of nitrogens with two attached hydrogens (primary N) is 1. The standard InChI is InChI=1S/C15H16Cl2N4O2.2ClH/c1-19-11(4-9-2-3-14(18)20-7-9)15(22)23-8-10-5-12(16)21-13(17)6-10;;/h2-3,5-7,11,19H,4,8H2,1H3,(H2,18,20);2*1H/t11-;;/m0../s1. The zero-order valence-corrected chi connectivity index (χ0v) is 16.4. The van der Waals surface area contributed by atoms with Crippen LogP contribution in [0.1, 0.15) is 11.1 Å². The lowest BCUT2D eigenvalue weighted by atomic mass is 10.1. The summed E-state index contributed by atoms with van der Waals surface area (Å²) in [6.07, 6.45) is 2.08. The molecule has 0 aliphatic rings. The number of carbonyl (C=O) groups is 1. The van der Waals surface area contributed by atoms with Gasteiger partial charge in [-0.3, -0.25) is 4.79 Å². The van der Waals surface area contributed by atoms with Gasteiger partial charge in [-0.25, -0.2) is 9.97 Å². The fourth-order valence-electron chi connectivity index (χ4n) is 1.95. The maximum atomic E-state index is 12.2. The van der Waals surface area contributed by atoms with Crippen molar-refractivity contribution in [2.75, 3.05) is 12.8 Å². The number of halogens is 4. The molecule has 0 amide bonds. The Balaban J connectivity index is 0.00000288. The first-order valence-electron chi connectivity index (χ1n) is 6.84. The highest BCUT2D eigenvalue weighted by Gasteiger charge is 2.19. The molecule has 10 heteroatoms. The van der Waals surface area contributed by atoms with Crippen LogP contribution < -0.4 is 11.1 Å². The van der Waals surface area contributed by atoms with Crippen LogP contribution in [0.5, 0.6) is 0 Å². The van der Waals surface area contributed by atoms with Gasteiger partial charge in [-0.1, -0.05) is 29.3 Å². The lowest BCUT2D eigenvalue weighted by Crippen LogP contribution is -2.37. The Hall–Kier alpha value is -1.31. The van der Waals surface area contributed by atoms with Gasteiger partial charge in [0.15, 0.2) is 0 Å². The number of rotatable bonds is 6. The van der Waals surface area contributed by atoms with E-state index in [-0.39, 0.29) is 47.7 Å². The van der Waals surface area contributed by atoms with Crippen LogP contribution in [0, 0.1) is 0 Å². The van der Waals surface area contributed by atoms with Gasteiger partial charge in [0, 0.05) is 6.20 Å². The smallest absolute Gasteiger partial charge is 0.323 e. The van der Waals surface area contributed by atoms with Crippen molar-refractivity contribution in [2.45, 2.75) is 19.1 Å². The van der Waals surface area contributed by atoms with Gasteiger partial charge in [0.25, 0.3) is 0 Å². The van der Waals surface area contributed by atoms with E-state index in [1.165, 1.54) is 0 Å². The highest BCUT2D eigenvalue weighted by Crippen LogP contribution is 2.15. The number of carbonyl (C=O) groups excluding carboxylic acids is 1. The molecule has 0 aliphatic heterocycles. The number of aromatic nitrogens is 2. The highest BCUT2D eigenvalue weighted by molar-refractivity contribution is 6.32. The van der Waals surface area contributed by atoms with Crippen molar-refractivity contribution in [1.82, 2.24) is 15.3 Å². The van der Waals surface area contributed by atoms with Gasteiger partial charge >= 0.3 is 5.97 Å². The third-order valence-electron chi connectivity index (χ3n) is 3.12. The second kappa shape index (κ2) is 11.3. The maximum Gasteiger partial charge on any atom is 0.323 e. The summed E-state index contributed by atoms with van der Waals surface area (Å²) in [5.41, 5.74) is 7.09. The van der Waals surface area contributed by atoms with Crippen LogP contribution in [0.4, 0.5) is 5.82 Å². The largest absolute Gasteiger partial charge is 0.460 e. The monoisotopic (exact) mass is 426 g/mol. The van der Waals surface area contributed by atoms with Crippen LogP contribution in [-0.2, 0) is 22.6 Å². The van der Waals surface area contributed by atoms with E-state index >= 15 is 0 Å². The van der Waals surface area contributed by atoms with E-state index < -0.39 is 6.04 Å². The Bertz CT molecular complexity index is 665. The van der Waals surface area contributed by atoms with Gasteiger partial charge in [-0.2, -0.15) is 0 Å². The molecule has 0 spiro atoms. The molecule has 3 N–H and O–H groups in total. The number of hydrogen-bond donors (Lipinski definition) is 2. The Morgan fingerprint density at radius 3 is 2.40 bits per heavy atom.